The summed E-state index contributed by atoms with van der Waals surface area (Å²) in [5.41, 5.74) is 7.82. The molecule has 1 rings (SSSR count). The number of carbonyl (C=O) groups is 1. The minimum atomic E-state index is -0.186. The number of benzene rings is 1. The number of nitrogens with two attached hydrogens (primary N) is 1. The van der Waals surface area contributed by atoms with Crippen LogP contribution in [-0.4, -0.2) is 23.9 Å². The molecule has 0 aliphatic carbocycles. The molecule has 0 aliphatic rings. The molecule has 0 radical (unpaired) electrons. The van der Waals surface area contributed by atoms with Crippen molar-refractivity contribution in [2.75, 3.05) is 18.8 Å². The first kappa shape index (κ1) is 15.5. The van der Waals surface area contributed by atoms with Crippen molar-refractivity contribution in [1.29, 1.82) is 5.26 Å². The van der Waals surface area contributed by atoms with E-state index in [1.165, 1.54) is 0 Å². The fourth-order valence-corrected chi connectivity index (χ4v) is 2.30. The van der Waals surface area contributed by atoms with Crippen molar-refractivity contribution in [3.8, 4) is 6.07 Å². The number of nitrogen functional groups attached to an aromatic ring is 1. The number of halogens is 1. The maximum Gasteiger partial charge on any atom is 0.254 e. The molecule has 102 valence electrons. The summed E-state index contributed by atoms with van der Waals surface area (Å²) < 4.78 is 0.781. The molecular weight excluding hydrogens is 306 g/mol. The lowest BCUT2D eigenvalue weighted by molar-refractivity contribution is 0.0752. The predicted octanol–water partition coefficient (Wildman–Crippen LogP) is 2.96. The zero-order valence-corrected chi connectivity index (χ0v) is 13.0. The molecule has 19 heavy (non-hydrogen) atoms. The van der Waals surface area contributed by atoms with Crippen molar-refractivity contribution in [3.63, 3.8) is 0 Å². The van der Waals surface area contributed by atoms with Crippen LogP contribution in [0.25, 0.3) is 0 Å². The number of nitrogens with zero attached hydrogens (tertiary/aromatic N) is 2. The van der Waals surface area contributed by atoms with Crippen LogP contribution in [0, 0.1) is 24.2 Å². The van der Waals surface area contributed by atoms with Gasteiger partial charge in [-0.25, -0.2) is 0 Å². The Morgan fingerprint density at radius 1 is 1.58 bits per heavy atom. The molecule has 1 amide bonds. The van der Waals surface area contributed by atoms with Crippen LogP contribution in [0.3, 0.4) is 0 Å². The highest BCUT2D eigenvalue weighted by atomic mass is 79.9. The first-order valence-electron chi connectivity index (χ1n) is 6.15. The molecule has 4 nitrogen and oxygen atoms in total. The molecule has 0 saturated carbocycles. The van der Waals surface area contributed by atoms with E-state index in [2.05, 4.69) is 22.0 Å². The Bertz CT molecular complexity index is 522. The Kier molecular flexibility index (Phi) is 5.37. The summed E-state index contributed by atoms with van der Waals surface area (Å²) >= 11 is 3.35. The molecule has 1 aromatic carbocycles. The maximum absolute atomic E-state index is 12.5. The summed E-state index contributed by atoms with van der Waals surface area (Å²) in [6.07, 6.45) is 0. The third-order valence-electron chi connectivity index (χ3n) is 3.03. The zero-order valence-electron chi connectivity index (χ0n) is 11.4. The summed E-state index contributed by atoms with van der Waals surface area (Å²) in [6, 6.07) is 5.70. The molecule has 1 unspecified atom stereocenters. The van der Waals surface area contributed by atoms with Gasteiger partial charge in [0, 0.05) is 28.8 Å². The molecule has 1 aromatic rings. The van der Waals surface area contributed by atoms with E-state index < -0.39 is 0 Å². The van der Waals surface area contributed by atoms with E-state index >= 15 is 0 Å². The van der Waals surface area contributed by atoms with E-state index in [-0.39, 0.29) is 11.8 Å². The van der Waals surface area contributed by atoms with Crippen molar-refractivity contribution in [1.82, 2.24) is 4.90 Å². The van der Waals surface area contributed by atoms with E-state index in [0.717, 1.165) is 10.0 Å². The molecule has 0 saturated heterocycles. The molecule has 0 aromatic heterocycles. The maximum atomic E-state index is 12.5. The number of nitriles is 1. The molecule has 2 N–H and O–H groups in total. The van der Waals surface area contributed by atoms with Crippen LogP contribution >= 0.6 is 15.9 Å². The molecular formula is C14H18BrN3O. The summed E-state index contributed by atoms with van der Waals surface area (Å²) in [5.74, 6) is -0.274. The van der Waals surface area contributed by atoms with Crippen molar-refractivity contribution in [2.45, 2.75) is 20.8 Å². The number of hydrogen-bond acceptors (Lipinski definition) is 3. The summed E-state index contributed by atoms with van der Waals surface area (Å²) in [7, 11) is 0. The van der Waals surface area contributed by atoms with E-state index in [4.69, 9.17) is 11.0 Å². The molecule has 0 fully saturated rings. The topological polar surface area (TPSA) is 70.1 Å². The fraction of sp³-hybridized carbons (Fsp3) is 0.429. The highest BCUT2D eigenvalue weighted by Crippen LogP contribution is 2.24. The normalized spacial score (nSPS) is 11.7. The third kappa shape index (κ3) is 3.71. The van der Waals surface area contributed by atoms with Crippen LogP contribution < -0.4 is 5.73 Å². The smallest absolute Gasteiger partial charge is 0.254 e. The second-order valence-electron chi connectivity index (χ2n) is 4.54. The van der Waals surface area contributed by atoms with Gasteiger partial charge in [-0.2, -0.15) is 5.26 Å². The van der Waals surface area contributed by atoms with Crippen molar-refractivity contribution >= 4 is 27.5 Å². The Balaban J connectivity index is 3.08. The van der Waals surface area contributed by atoms with Crippen LogP contribution in [0.5, 0.6) is 0 Å². The second kappa shape index (κ2) is 6.58. The van der Waals surface area contributed by atoms with Crippen LogP contribution in [0.4, 0.5) is 5.69 Å². The lowest BCUT2D eigenvalue weighted by Crippen LogP contribution is -2.34. The van der Waals surface area contributed by atoms with Crippen molar-refractivity contribution in [3.05, 3.63) is 27.7 Å². The lowest BCUT2D eigenvalue weighted by Gasteiger charge is -2.23. The highest BCUT2D eigenvalue weighted by molar-refractivity contribution is 9.10. The van der Waals surface area contributed by atoms with Gasteiger partial charge in [0.15, 0.2) is 0 Å². The monoisotopic (exact) mass is 323 g/mol. The third-order valence-corrected chi connectivity index (χ3v) is 3.48. The number of rotatable bonds is 4. The minimum Gasteiger partial charge on any atom is -0.398 e. The summed E-state index contributed by atoms with van der Waals surface area (Å²) in [4.78, 5) is 14.2. The quantitative estimate of drug-likeness (QED) is 0.866. The molecule has 0 heterocycles. The van der Waals surface area contributed by atoms with Gasteiger partial charge in [-0.05, 0) is 38.5 Å². The molecule has 0 bridgehead atoms. The lowest BCUT2D eigenvalue weighted by atomic mass is 10.0. The number of hydrogen-bond donors (Lipinski definition) is 1. The van der Waals surface area contributed by atoms with Crippen LogP contribution in [0.2, 0.25) is 0 Å². The minimum absolute atomic E-state index is 0.0879. The first-order valence-corrected chi connectivity index (χ1v) is 6.94. The van der Waals surface area contributed by atoms with E-state index in [1.807, 2.05) is 13.8 Å². The molecule has 1 atom stereocenters. The van der Waals surface area contributed by atoms with Gasteiger partial charge in [-0.15, -0.1) is 0 Å². The van der Waals surface area contributed by atoms with Gasteiger partial charge >= 0.3 is 0 Å². The zero-order chi connectivity index (χ0) is 14.6. The summed E-state index contributed by atoms with van der Waals surface area (Å²) in [6.45, 7) is 6.53. The Hall–Kier alpha value is -1.54. The Morgan fingerprint density at radius 3 is 2.74 bits per heavy atom. The largest absolute Gasteiger partial charge is 0.398 e. The standard InChI is InChI=1S/C14H18BrN3O/c1-4-18(8-9(2)7-16)14(19)12-5-11(15)6-13(17)10(12)3/h5-6,9H,4,8,17H2,1-3H3. The van der Waals surface area contributed by atoms with Gasteiger partial charge in [0.1, 0.15) is 0 Å². The molecule has 0 aliphatic heterocycles. The van der Waals surface area contributed by atoms with Crippen molar-refractivity contribution < 1.29 is 4.79 Å². The van der Waals surface area contributed by atoms with Gasteiger partial charge in [0.25, 0.3) is 5.91 Å². The van der Waals surface area contributed by atoms with Gasteiger partial charge in [0.05, 0.1) is 12.0 Å². The Morgan fingerprint density at radius 2 is 2.21 bits per heavy atom. The van der Waals surface area contributed by atoms with Gasteiger partial charge in [0.2, 0.25) is 0 Å². The first-order chi connectivity index (χ1) is 8.90. The average molecular weight is 324 g/mol. The fourth-order valence-electron chi connectivity index (χ4n) is 1.82. The molecule has 0 spiro atoms. The predicted molar refractivity (Wildman–Crippen MR) is 79.6 cm³/mol. The van der Waals surface area contributed by atoms with E-state index in [9.17, 15) is 4.79 Å². The Labute approximate surface area is 122 Å². The number of carbonyl (C=O) groups excluding carboxylic acids is 1. The van der Waals surface area contributed by atoms with Gasteiger partial charge in [-0.1, -0.05) is 15.9 Å². The van der Waals surface area contributed by atoms with Gasteiger partial charge in [-0.3, -0.25) is 4.79 Å². The highest BCUT2D eigenvalue weighted by Gasteiger charge is 2.19. The second-order valence-corrected chi connectivity index (χ2v) is 5.46. The average Bonchev–Trinajstić information content (AvgIpc) is 2.38. The van der Waals surface area contributed by atoms with Crippen LogP contribution in [-0.2, 0) is 0 Å². The van der Waals surface area contributed by atoms with E-state index in [1.54, 1.807) is 24.0 Å². The molecule has 5 heteroatoms. The van der Waals surface area contributed by atoms with Crippen LogP contribution in [0.1, 0.15) is 29.8 Å². The number of amides is 1. The van der Waals surface area contributed by atoms with Gasteiger partial charge < -0.3 is 10.6 Å². The van der Waals surface area contributed by atoms with Crippen molar-refractivity contribution in [2.24, 2.45) is 5.92 Å². The SMILES string of the molecule is CCN(CC(C)C#N)C(=O)c1cc(Br)cc(N)c1C. The van der Waals surface area contributed by atoms with E-state index in [0.29, 0.717) is 24.3 Å². The number of anilines is 1. The summed E-state index contributed by atoms with van der Waals surface area (Å²) in [5, 5.41) is 8.86. The van der Waals surface area contributed by atoms with Crippen LogP contribution in [0.15, 0.2) is 16.6 Å².